The van der Waals surface area contributed by atoms with Crippen molar-refractivity contribution in [2.24, 2.45) is 0 Å². The minimum absolute atomic E-state index is 0.0146. The predicted molar refractivity (Wildman–Crippen MR) is 70.8 cm³/mol. The molecule has 0 saturated heterocycles. The fourth-order valence-electron chi connectivity index (χ4n) is 1.56. The van der Waals surface area contributed by atoms with Gasteiger partial charge in [-0.25, -0.2) is 0 Å². The van der Waals surface area contributed by atoms with E-state index in [2.05, 4.69) is 11.9 Å². The number of ether oxygens (including phenoxy) is 1. The smallest absolute Gasteiger partial charge is 0.224 e. The second-order valence-corrected chi connectivity index (χ2v) is 3.79. The maximum absolute atomic E-state index is 11.3. The second kappa shape index (κ2) is 6.09. The monoisotopic (exact) mass is 233 g/mol. The molecule has 3 heteroatoms. The third-order valence-corrected chi connectivity index (χ3v) is 2.45. The van der Waals surface area contributed by atoms with Crippen molar-refractivity contribution < 1.29 is 9.53 Å². The molecule has 0 spiro atoms. The summed E-state index contributed by atoms with van der Waals surface area (Å²) in [6, 6.07) is 5.70. The van der Waals surface area contributed by atoms with E-state index >= 15 is 0 Å². The van der Waals surface area contributed by atoms with Gasteiger partial charge in [-0.3, -0.25) is 4.79 Å². The lowest BCUT2D eigenvalue weighted by molar-refractivity contribution is -0.115. The van der Waals surface area contributed by atoms with Crippen molar-refractivity contribution in [2.75, 3.05) is 11.9 Å². The zero-order chi connectivity index (χ0) is 12.8. The van der Waals surface area contributed by atoms with Crippen LogP contribution in [0.1, 0.15) is 31.4 Å². The van der Waals surface area contributed by atoms with Crippen LogP contribution in [-0.2, 0) is 9.53 Å². The summed E-state index contributed by atoms with van der Waals surface area (Å²) in [5.41, 5.74) is 2.82. The Balaban J connectivity index is 2.86. The van der Waals surface area contributed by atoms with E-state index in [9.17, 15) is 4.79 Å². The first kappa shape index (κ1) is 13.3. The van der Waals surface area contributed by atoms with Crippen LogP contribution in [0.5, 0.6) is 0 Å². The van der Waals surface area contributed by atoms with E-state index in [0.717, 1.165) is 16.8 Å². The van der Waals surface area contributed by atoms with Crippen LogP contribution in [0.4, 0.5) is 5.69 Å². The van der Waals surface area contributed by atoms with Gasteiger partial charge < -0.3 is 10.1 Å². The molecule has 0 aliphatic rings. The third-order valence-electron chi connectivity index (χ3n) is 2.45. The van der Waals surface area contributed by atoms with Crippen molar-refractivity contribution >= 4 is 17.4 Å². The summed E-state index contributed by atoms with van der Waals surface area (Å²) in [5.74, 6) is 0.680. The van der Waals surface area contributed by atoms with Crippen molar-refractivity contribution in [3.63, 3.8) is 0 Å². The molecule has 0 aromatic heterocycles. The Bertz CT molecular complexity index is 424. The topological polar surface area (TPSA) is 38.3 Å². The molecular weight excluding hydrogens is 214 g/mol. The zero-order valence-corrected chi connectivity index (χ0v) is 10.7. The Morgan fingerprint density at radius 1 is 1.41 bits per heavy atom. The van der Waals surface area contributed by atoms with Gasteiger partial charge in [-0.15, -0.1) is 0 Å². The fraction of sp³-hybridized carbons (Fsp3) is 0.357. The van der Waals surface area contributed by atoms with Gasteiger partial charge in [0.2, 0.25) is 5.91 Å². The van der Waals surface area contributed by atoms with Crippen LogP contribution in [0, 0.1) is 6.92 Å². The lowest BCUT2D eigenvalue weighted by Crippen LogP contribution is -2.09. The van der Waals surface area contributed by atoms with Gasteiger partial charge in [-0.1, -0.05) is 13.5 Å². The van der Waals surface area contributed by atoms with E-state index in [1.165, 1.54) is 0 Å². The third kappa shape index (κ3) is 3.63. The molecule has 1 N–H and O–H groups in total. The molecule has 17 heavy (non-hydrogen) atoms. The van der Waals surface area contributed by atoms with Crippen LogP contribution in [0.25, 0.3) is 5.76 Å². The van der Waals surface area contributed by atoms with Gasteiger partial charge in [-0.2, -0.15) is 0 Å². The largest absolute Gasteiger partial charge is 0.494 e. The van der Waals surface area contributed by atoms with E-state index in [1.807, 2.05) is 39.0 Å². The van der Waals surface area contributed by atoms with Gasteiger partial charge in [0.05, 0.1) is 6.61 Å². The van der Waals surface area contributed by atoms with E-state index in [4.69, 9.17) is 4.74 Å². The lowest BCUT2D eigenvalue weighted by atomic mass is 10.1. The number of hydrogen-bond donors (Lipinski definition) is 1. The Morgan fingerprint density at radius 3 is 2.65 bits per heavy atom. The minimum atomic E-state index is 0.0146. The van der Waals surface area contributed by atoms with Crippen LogP contribution in [0.15, 0.2) is 24.8 Å². The summed E-state index contributed by atoms with van der Waals surface area (Å²) in [6.07, 6.45) is 0.479. The number of amides is 1. The lowest BCUT2D eigenvalue weighted by Gasteiger charge is -2.12. The second-order valence-electron chi connectivity index (χ2n) is 3.79. The van der Waals surface area contributed by atoms with Gasteiger partial charge >= 0.3 is 0 Å². The number of hydrogen-bond acceptors (Lipinski definition) is 2. The van der Waals surface area contributed by atoms with Gasteiger partial charge in [0, 0.05) is 17.7 Å². The van der Waals surface area contributed by atoms with Gasteiger partial charge in [0.1, 0.15) is 5.76 Å². The molecular formula is C14H19NO2. The Kier molecular flexibility index (Phi) is 4.76. The molecule has 1 rings (SSSR count). The highest BCUT2D eigenvalue weighted by Crippen LogP contribution is 2.22. The van der Waals surface area contributed by atoms with Crippen molar-refractivity contribution in [2.45, 2.75) is 27.2 Å². The molecule has 0 saturated carbocycles. The first-order valence-corrected chi connectivity index (χ1v) is 5.81. The first-order chi connectivity index (χ1) is 8.08. The highest BCUT2D eigenvalue weighted by atomic mass is 16.5. The van der Waals surface area contributed by atoms with Crippen molar-refractivity contribution in [3.8, 4) is 0 Å². The number of nitrogens with one attached hydrogen (secondary N) is 1. The minimum Gasteiger partial charge on any atom is -0.494 e. The maximum atomic E-state index is 11.3. The van der Waals surface area contributed by atoms with Crippen LogP contribution >= 0.6 is 0 Å². The molecule has 0 unspecified atom stereocenters. The van der Waals surface area contributed by atoms with Crippen LogP contribution in [0.3, 0.4) is 0 Å². The molecule has 1 aromatic carbocycles. The molecule has 0 bridgehead atoms. The van der Waals surface area contributed by atoms with E-state index < -0.39 is 0 Å². The summed E-state index contributed by atoms with van der Waals surface area (Å²) >= 11 is 0. The molecule has 0 heterocycles. The highest BCUT2D eigenvalue weighted by Gasteiger charge is 2.06. The number of aryl methyl sites for hydroxylation is 1. The Hall–Kier alpha value is -1.77. The fourth-order valence-corrected chi connectivity index (χ4v) is 1.56. The van der Waals surface area contributed by atoms with Crippen molar-refractivity contribution in [3.05, 3.63) is 35.9 Å². The average Bonchev–Trinajstić information content (AvgIpc) is 2.29. The van der Waals surface area contributed by atoms with E-state index in [1.54, 1.807) is 0 Å². The predicted octanol–water partition coefficient (Wildman–Crippen LogP) is 3.35. The summed E-state index contributed by atoms with van der Waals surface area (Å²) < 4.78 is 5.37. The molecule has 0 aliphatic carbocycles. The van der Waals surface area contributed by atoms with Crippen LogP contribution in [-0.4, -0.2) is 12.5 Å². The standard InChI is InChI=1S/C14H19NO2/c1-5-14(16)15-12-7-8-13(10(3)9-12)11(4)17-6-2/h7-9H,4-6H2,1-3H3,(H,15,16). The summed E-state index contributed by atoms with van der Waals surface area (Å²) in [5, 5.41) is 2.82. The van der Waals surface area contributed by atoms with Gasteiger partial charge in [0.15, 0.2) is 0 Å². The maximum Gasteiger partial charge on any atom is 0.224 e. The Labute approximate surface area is 102 Å². The normalized spacial score (nSPS) is 9.82. The number of carbonyl (C=O) groups is 1. The average molecular weight is 233 g/mol. The number of carbonyl (C=O) groups excluding carboxylic acids is 1. The molecule has 0 radical (unpaired) electrons. The van der Waals surface area contributed by atoms with E-state index in [-0.39, 0.29) is 5.91 Å². The molecule has 0 atom stereocenters. The first-order valence-electron chi connectivity index (χ1n) is 5.81. The summed E-state index contributed by atoms with van der Waals surface area (Å²) in [7, 11) is 0. The molecule has 0 fully saturated rings. The Morgan fingerprint density at radius 2 is 2.12 bits per heavy atom. The van der Waals surface area contributed by atoms with Crippen LogP contribution < -0.4 is 5.32 Å². The molecule has 1 amide bonds. The number of rotatable bonds is 5. The molecule has 92 valence electrons. The van der Waals surface area contributed by atoms with Crippen LogP contribution in [0.2, 0.25) is 0 Å². The van der Waals surface area contributed by atoms with Crippen molar-refractivity contribution in [1.29, 1.82) is 0 Å². The molecule has 1 aromatic rings. The molecule has 3 nitrogen and oxygen atoms in total. The van der Waals surface area contributed by atoms with Gasteiger partial charge in [0.25, 0.3) is 0 Å². The zero-order valence-electron chi connectivity index (χ0n) is 10.7. The van der Waals surface area contributed by atoms with Crippen molar-refractivity contribution in [1.82, 2.24) is 0 Å². The number of anilines is 1. The summed E-state index contributed by atoms with van der Waals surface area (Å²) in [4.78, 5) is 11.3. The molecule has 0 aliphatic heterocycles. The SMILES string of the molecule is C=C(OCC)c1ccc(NC(=O)CC)cc1C. The van der Waals surface area contributed by atoms with Gasteiger partial charge in [-0.05, 0) is 37.6 Å². The quantitative estimate of drug-likeness (QED) is 0.792. The highest BCUT2D eigenvalue weighted by molar-refractivity contribution is 5.90. The number of benzene rings is 1. The van der Waals surface area contributed by atoms with E-state index in [0.29, 0.717) is 18.8 Å². The summed E-state index contributed by atoms with van der Waals surface area (Å²) in [6.45, 7) is 10.2.